The Kier molecular flexibility index (Phi) is 3.97. The fourth-order valence-electron chi connectivity index (χ4n) is 2.19. The molecular weight excluding hydrogens is 274 g/mol. The van der Waals surface area contributed by atoms with E-state index in [-0.39, 0.29) is 5.78 Å². The number of benzene rings is 2. The first-order chi connectivity index (χ1) is 10.8. The van der Waals surface area contributed by atoms with Crippen LogP contribution in [-0.2, 0) is 0 Å². The zero-order chi connectivity index (χ0) is 15.4. The smallest absolute Gasteiger partial charge is 0.185 e. The molecule has 0 saturated carbocycles. The Morgan fingerprint density at radius 2 is 1.77 bits per heavy atom. The van der Waals surface area contributed by atoms with Gasteiger partial charge in [0.2, 0.25) is 0 Å². The monoisotopic (exact) mass is 289 g/mol. The van der Waals surface area contributed by atoms with Crippen LogP contribution in [0.2, 0.25) is 0 Å². The summed E-state index contributed by atoms with van der Waals surface area (Å²) in [6.07, 6.45) is 3.28. The molecule has 0 bridgehead atoms. The zero-order valence-corrected chi connectivity index (χ0v) is 12.2. The molecule has 0 unspecified atom stereocenters. The molecule has 3 rings (SSSR count). The van der Waals surface area contributed by atoms with Crippen molar-refractivity contribution >= 4 is 22.8 Å². The van der Waals surface area contributed by atoms with Gasteiger partial charge in [0.15, 0.2) is 5.78 Å². The van der Waals surface area contributed by atoms with Gasteiger partial charge in [-0.15, -0.1) is 0 Å². The van der Waals surface area contributed by atoms with Gasteiger partial charge in [0.05, 0.1) is 18.3 Å². The highest BCUT2D eigenvalue weighted by Crippen LogP contribution is 2.14. The highest BCUT2D eigenvalue weighted by Gasteiger charge is 2.02. The fourth-order valence-corrected chi connectivity index (χ4v) is 2.19. The van der Waals surface area contributed by atoms with E-state index in [9.17, 15) is 4.79 Å². The number of nitrogens with zero attached hydrogens (tertiary/aromatic N) is 1. The molecule has 0 saturated heterocycles. The molecule has 0 fully saturated rings. The van der Waals surface area contributed by atoms with Gasteiger partial charge in [-0.1, -0.05) is 24.3 Å². The molecule has 0 radical (unpaired) electrons. The van der Waals surface area contributed by atoms with E-state index < -0.39 is 0 Å². The van der Waals surface area contributed by atoms with Crippen LogP contribution in [0.5, 0.6) is 5.75 Å². The van der Waals surface area contributed by atoms with Gasteiger partial charge in [-0.2, -0.15) is 0 Å². The Hall–Kier alpha value is -2.94. The van der Waals surface area contributed by atoms with Gasteiger partial charge in [0, 0.05) is 10.9 Å². The molecule has 22 heavy (non-hydrogen) atoms. The molecule has 0 aliphatic rings. The zero-order valence-electron chi connectivity index (χ0n) is 12.2. The molecule has 0 atom stereocenters. The molecule has 0 aliphatic heterocycles. The normalized spacial score (nSPS) is 11.0. The number of allylic oxidation sites excluding steroid dienone is 1. The number of methoxy groups -OCH3 is 1. The molecular formula is C19H15NO2. The average Bonchev–Trinajstić information content (AvgIpc) is 2.59. The van der Waals surface area contributed by atoms with Crippen molar-refractivity contribution in [2.24, 2.45) is 0 Å². The largest absolute Gasteiger partial charge is 0.497 e. The van der Waals surface area contributed by atoms with Gasteiger partial charge in [-0.25, -0.2) is 4.98 Å². The molecule has 2 aromatic carbocycles. The van der Waals surface area contributed by atoms with Crippen molar-refractivity contribution in [3.05, 3.63) is 78.0 Å². The summed E-state index contributed by atoms with van der Waals surface area (Å²) in [7, 11) is 1.60. The third-order valence-electron chi connectivity index (χ3n) is 3.40. The minimum absolute atomic E-state index is 0.0578. The fraction of sp³-hybridized carbons (Fsp3) is 0.0526. The van der Waals surface area contributed by atoms with Crippen LogP contribution in [0.15, 0.2) is 66.7 Å². The molecule has 3 nitrogen and oxygen atoms in total. The molecule has 1 heterocycles. The maximum atomic E-state index is 12.1. The number of hydrogen-bond acceptors (Lipinski definition) is 3. The molecule has 3 heteroatoms. The summed E-state index contributed by atoms with van der Waals surface area (Å²) in [5.41, 5.74) is 2.31. The Bertz CT molecular complexity index is 835. The summed E-state index contributed by atoms with van der Waals surface area (Å²) in [5.74, 6) is 0.675. The quantitative estimate of drug-likeness (QED) is 0.535. The van der Waals surface area contributed by atoms with Crippen molar-refractivity contribution in [1.29, 1.82) is 0 Å². The summed E-state index contributed by atoms with van der Waals surface area (Å²) < 4.78 is 5.08. The third-order valence-corrected chi connectivity index (χ3v) is 3.40. The summed E-state index contributed by atoms with van der Waals surface area (Å²) in [6, 6.07) is 18.8. The average molecular weight is 289 g/mol. The number of pyridine rings is 1. The van der Waals surface area contributed by atoms with E-state index in [4.69, 9.17) is 4.74 Å². The lowest BCUT2D eigenvalue weighted by molar-refractivity contribution is 0.104. The van der Waals surface area contributed by atoms with E-state index in [1.165, 1.54) is 0 Å². The van der Waals surface area contributed by atoms with Gasteiger partial charge in [0.25, 0.3) is 0 Å². The standard InChI is InChI=1S/C19H15NO2/c1-22-17-11-7-15(8-12-17)19(21)13-10-16-9-6-14-4-2-3-5-18(14)20-16/h2-13H,1H3/b13-10+. The SMILES string of the molecule is COc1ccc(C(=O)/C=C/c2ccc3ccccc3n2)cc1. The lowest BCUT2D eigenvalue weighted by atomic mass is 10.1. The van der Waals surface area contributed by atoms with E-state index in [0.717, 1.165) is 22.3 Å². The van der Waals surface area contributed by atoms with Crippen LogP contribution < -0.4 is 4.74 Å². The van der Waals surface area contributed by atoms with Crippen LogP contribution >= 0.6 is 0 Å². The lowest BCUT2D eigenvalue weighted by Crippen LogP contribution is -1.94. The highest BCUT2D eigenvalue weighted by molar-refractivity contribution is 6.06. The van der Waals surface area contributed by atoms with Crippen molar-refractivity contribution in [2.75, 3.05) is 7.11 Å². The first-order valence-electron chi connectivity index (χ1n) is 6.98. The second-order valence-corrected chi connectivity index (χ2v) is 4.85. The number of para-hydroxylation sites is 1. The molecule has 1 aromatic heterocycles. The van der Waals surface area contributed by atoms with Crippen molar-refractivity contribution < 1.29 is 9.53 Å². The molecule has 3 aromatic rings. The first kappa shape index (κ1) is 14.0. The number of carbonyl (C=O) groups is 1. The second-order valence-electron chi connectivity index (χ2n) is 4.85. The van der Waals surface area contributed by atoms with Crippen LogP contribution in [0.3, 0.4) is 0 Å². The van der Waals surface area contributed by atoms with E-state index in [1.807, 2.05) is 36.4 Å². The Morgan fingerprint density at radius 3 is 2.55 bits per heavy atom. The Morgan fingerprint density at radius 1 is 1.00 bits per heavy atom. The van der Waals surface area contributed by atoms with Gasteiger partial charge in [0.1, 0.15) is 5.75 Å². The predicted octanol–water partition coefficient (Wildman–Crippen LogP) is 4.14. The van der Waals surface area contributed by atoms with E-state index in [2.05, 4.69) is 4.98 Å². The maximum absolute atomic E-state index is 12.1. The van der Waals surface area contributed by atoms with Gasteiger partial charge in [-0.3, -0.25) is 4.79 Å². The number of hydrogen-bond donors (Lipinski definition) is 0. The van der Waals surface area contributed by atoms with Crippen LogP contribution in [0.1, 0.15) is 16.1 Å². The number of fused-ring (bicyclic) bond motifs is 1. The van der Waals surface area contributed by atoms with E-state index in [1.54, 1.807) is 43.5 Å². The third kappa shape index (κ3) is 3.04. The summed E-state index contributed by atoms with van der Waals surface area (Å²) in [4.78, 5) is 16.6. The molecule has 0 N–H and O–H groups in total. The molecule has 0 amide bonds. The first-order valence-corrected chi connectivity index (χ1v) is 6.98. The second kappa shape index (κ2) is 6.22. The number of carbonyl (C=O) groups excluding carboxylic acids is 1. The number of rotatable bonds is 4. The van der Waals surface area contributed by atoms with Crippen molar-refractivity contribution in [2.45, 2.75) is 0 Å². The summed E-state index contributed by atoms with van der Waals surface area (Å²) >= 11 is 0. The summed E-state index contributed by atoms with van der Waals surface area (Å²) in [6.45, 7) is 0. The van der Waals surface area contributed by atoms with E-state index >= 15 is 0 Å². The Balaban J connectivity index is 1.80. The Labute approximate surface area is 128 Å². The van der Waals surface area contributed by atoms with Gasteiger partial charge < -0.3 is 4.74 Å². The number of aromatic nitrogens is 1. The lowest BCUT2D eigenvalue weighted by Gasteiger charge is -2.00. The van der Waals surface area contributed by atoms with Crippen LogP contribution in [0, 0.1) is 0 Å². The predicted molar refractivity (Wildman–Crippen MR) is 88.1 cm³/mol. The minimum Gasteiger partial charge on any atom is -0.497 e. The minimum atomic E-state index is -0.0578. The van der Waals surface area contributed by atoms with Crippen LogP contribution in [-0.4, -0.2) is 17.9 Å². The van der Waals surface area contributed by atoms with E-state index in [0.29, 0.717) is 5.56 Å². The van der Waals surface area contributed by atoms with Crippen molar-refractivity contribution in [3.8, 4) is 5.75 Å². The van der Waals surface area contributed by atoms with Gasteiger partial charge in [-0.05, 0) is 48.6 Å². The number of ketones is 1. The van der Waals surface area contributed by atoms with Crippen molar-refractivity contribution in [3.63, 3.8) is 0 Å². The number of ether oxygens (including phenoxy) is 1. The van der Waals surface area contributed by atoms with Crippen LogP contribution in [0.4, 0.5) is 0 Å². The topological polar surface area (TPSA) is 39.2 Å². The highest BCUT2D eigenvalue weighted by atomic mass is 16.5. The van der Waals surface area contributed by atoms with Crippen molar-refractivity contribution in [1.82, 2.24) is 4.98 Å². The molecule has 108 valence electrons. The summed E-state index contributed by atoms with van der Waals surface area (Å²) in [5, 5.41) is 1.08. The van der Waals surface area contributed by atoms with Crippen LogP contribution in [0.25, 0.3) is 17.0 Å². The molecule has 0 spiro atoms. The van der Waals surface area contributed by atoms with Gasteiger partial charge >= 0.3 is 0 Å². The maximum Gasteiger partial charge on any atom is 0.185 e. The molecule has 0 aliphatic carbocycles.